The minimum Gasteiger partial charge on any atom is -0.310 e. The number of benzene rings is 2. The topological polar surface area (TPSA) is 64.7 Å². The summed E-state index contributed by atoms with van der Waals surface area (Å²) in [5, 5.41) is 2.92. The standard InChI is InChI=1S/C19H17N5O/c1-2-24-17-6-4-3-5-16(17)21-19(24)22-18(25)14-7-9-15(10-8-14)23-12-11-20-13-23/h3-13H,2H2,1H3,(H,21,22,25). The highest BCUT2D eigenvalue weighted by Crippen LogP contribution is 2.20. The van der Waals surface area contributed by atoms with Crippen LogP contribution in [0.4, 0.5) is 5.95 Å². The fourth-order valence-electron chi connectivity index (χ4n) is 2.86. The van der Waals surface area contributed by atoms with E-state index in [1.165, 1.54) is 0 Å². The van der Waals surface area contributed by atoms with Crippen LogP contribution in [0.25, 0.3) is 16.7 Å². The Morgan fingerprint density at radius 1 is 1.12 bits per heavy atom. The summed E-state index contributed by atoms with van der Waals surface area (Å²) in [4.78, 5) is 21.1. The third-order valence-electron chi connectivity index (χ3n) is 4.13. The Kier molecular flexibility index (Phi) is 3.78. The number of rotatable bonds is 4. The fourth-order valence-corrected chi connectivity index (χ4v) is 2.86. The van der Waals surface area contributed by atoms with Gasteiger partial charge in [0.1, 0.15) is 0 Å². The van der Waals surface area contributed by atoms with Gasteiger partial charge < -0.3 is 9.13 Å². The minimum absolute atomic E-state index is 0.179. The highest BCUT2D eigenvalue weighted by Gasteiger charge is 2.13. The van der Waals surface area contributed by atoms with Crippen LogP contribution in [-0.2, 0) is 6.54 Å². The quantitative estimate of drug-likeness (QED) is 0.622. The van der Waals surface area contributed by atoms with Gasteiger partial charge in [0, 0.05) is 30.2 Å². The molecule has 1 amide bonds. The number of para-hydroxylation sites is 2. The monoisotopic (exact) mass is 331 g/mol. The average molecular weight is 331 g/mol. The van der Waals surface area contributed by atoms with Crippen molar-refractivity contribution in [2.75, 3.05) is 5.32 Å². The van der Waals surface area contributed by atoms with Crippen molar-refractivity contribution in [3.63, 3.8) is 0 Å². The van der Waals surface area contributed by atoms with Gasteiger partial charge in [0.15, 0.2) is 0 Å². The molecule has 0 aliphatic carbocycles. The van der Waals surface area contributed by atoms with E-state index in [1.54, 1.807) is 24.7 Å². The largest absolute Gasteiger partial charge is 0.310 e. The molecule has 25 heavy (non-hydrogen) atoms. The van der Waals surface area contributed by atoms with E-state index in [0.29, 0.717) is 11.5 Å². The fraction of sp³-hybridized carbons (Fsp3) is 0.105. The highest BCUT2D eigenvalue weighted by atomic mass is 16.1. The van der Waals surface area contributed by atoms with E-state index in [9.17, 15) is 4.79 Å². The van der Waals surface area contributed by atoms with E-state index in [-0.39, 0.29) is 5.91 Å². The lowest BCUT2D eigenvalue weighted by atomic mass is 10.2. The second-order valence-corrected chi connectivity index (χ2v) is 5.64. The number of carbonyl (C=O) groups excluding carboxylic acids is 1. The van der Waals surface area contributed by atoms with Crippen molar-refractivity contribution in [1.82, 2.24) is 19.1 Å². The molecule has 0 fully saturated rings. The van der Waals surface area contributed by atoms with Crippen LogP contribution in [0.2, 0.25) is 0 Å². The van der Waals surface area contributed by atoms with Crippen molar-refractivity contribution in [1.29, 1.82) is 0 Å². The number of nitrogens with zero attached hydrogens (tertiary/aromatic N) is 4. The molecular formula is C19H17N5O. The van der Waals surface area contributed by atoms with E-state index in [2.05, 4.69) is 15.3 Å². The van der Waals surface area contributed by atoms with Gasteiger partial charge in [0.25, 0.3) is 5.91 Å². The van der Waals surface area contributed by atoms with Crippen molar-refractivity contribution >= 4 is 22.9 Å². The first-order chi connectivity index (χ1) is 12.3. The number of hydrogen-bond acceptors (Lipinski definition) is 3. The maximum atomic E-state index is 12.6. The molecule has 0 saturated carbocycles. The van der Waals surface area contributed by atoms with Gasteiger partial charge in [-0.15, -0.1) is 0 Å². The number of hydrogen-bond donors (Lipinski definition) is 1. The first-order valence-electron chi connectivity index (χ1n) is 8.11. The van der Waals surface area contributed by atoms with Gasteiger partial charge >= 0.3 is 0 Å². The number of nitrogens with one attached hydrogen (secondary N) is 1. The maximum absolute atomic E-state index is 12.6. The molecule has 0 bridgehead atoms. The first-order valence-corrected chi connectivity index (χ1v) is 8.11. The lowest BCUT2D eigenvalue weighted by Gasteiger charge is -2.08. The molecule has 0 aliphatic rings. The molecule has 2 heterocycles. The molecular weight excluding hydrogens is 314 g/mol. The van der Waals surface area contributed by atoms with Gasteiger partial charge in [0.2, 0.25) is 5.95 Å². The van der Waals surface area contributed by atoms with Gasteiger partial charge in [-0.25, -0.2) is 9.97 Å². The molecule has 6 nitrogen and oxygen atoms in total. The Balaban J connectivity index is 1.60. The van der Waals surface area contributed by atoms with Crippen molar-refractivity contribution in [2.45, 2.75) is 13.5 Å². The Morgan fingerprint density at radius 2 is 1.92 bits per heavy atom. The Morgan fingerprint density at radius 3 is 2.64 bits per heavy atom. The Hall–Kier alpha value is -3.41. The van der Waals surface area contributed by atoms with Crippen LogP contribution < -0.4 is 5.32 Å². The molecule has 0 unspecified atom stereocenters. The molecule has 0 atom stereocenters. The number of fused-ring (bicyclic) bond motifs is 1. The molecule has 0 saturated heterocycles. The second-order valence-electron chi connectivity index (χ2n) is 5.64. The number of carbonyl (C=O) groups is 1. The van der Waals surface area contributed by atoms with Crippen LogP contribution in [0.5, 0.6) is 0 Å². The number of aryl methyl sites for hydroxylation is 1. The zero-order chi connectivity index (χ0) is 17.2. The Labute approximate surface area is 144 Å². The maximum Gasteiger partial charge on any atom is 0.257 e. The van der Waals surface area contributed by atoms with Gasteiger partial charge in [-0.2, -0.15) is 0 Å². The van der Waals surface area contributed by atoms with Gasteiger partial charge in [-0.1, -0.05) is 12.1 Å². The van der Waals surface area contributed by atoms with E-state index in [0.717, 1.165) is 23.3 Å². The predicted molar refractivity (Wildman–Crippen MR) is 96.9 cm³/mol. The van der Waals surface area contributed by atoms with Crippen LogP contribution in [-0.4, -0.2) is 25.0 Å². The van der Waals surface area contributed by atoms with E-state index >= 15 is 0 Å². The summed E-state index contributed by atoms with van der Waals surface area (Å²) in [5.41, 5.74) is 3.42. The molecule has 4 aromatic rings. The summed E-state index contributed by atoms with van der Waals surface area (Å²) in [5.74, 6) is 0.384. The second kappa shape index (κ2) is 6.24. The number of amides is 1. The first kappa shape index (κ1) is 15.1. The summed E-state index contributed by atoms with van der Waals surface area (Å²) in [6, 6.07) is 15.2. The van der Waals surface area contributed by atoms with Crippen molar-refractivity contribution in [3.8, 4) is 5.69 Å². The molecule has 0 spiro atoms. The highest BCUT2D eigenvalue weighted by molar-refractivity contribution is 6.04. The normalized spacial score (nSPS) is 10.9. The van der Waals surface area contributed by atoms with Gasteiger partial charge in [0.05, 0.1) is 17.4 Å². The van der Waals surface area contributed by atoms with Gasteiger partial charge in [-0.05, 0) is 43.3 Å². The van der Waals surface area contributed by atoms with E-state index in [4.69, 9.17) is 0 Å². The molecule has 6 heteroatoms. The number of imidazole rings is 2. The zero-order valence-electron chi connectivity index (χ0n) is 13.8. The molecule has 0 aliphatic heterocycles. The number of anilines is 1. The van der Waals surface area contributed by atoms with Crippen molar-refractivity contribution in [3.05, 3.63) is 72.8 Å². The van der Waals surface area contributed by atoms with Gasteiger partial charge in [-0.3, -0.25) is 10.1 Å². The SMILES string of the molecule is CCn1c(NC(=O)c2ccc(-n3ccnc3)cc2)nc2ccccc21. The van der Waals surface area contributed by atoms with Crippen molar-refractivity contribution in [2.24, 2.45) is 0 Å². The van der Waals surface area contributed by atoms with Crippen LogP contribution in [0, 0.1) is 0 Å². The Bertz CT molecular complexity index is 1020. The van der Waals surface area contributed by atoms with Crippen LogP contribution in [0.15, 0.2) is 67.3 Å². The summed E-state index contributed by atoms with van der Waals surface area (Å²) in [6.45, 7) is 2.76. The summed E-state index contributed by atoms with van der Waals surface area (Å²) >= 11 is 0. The van der Waals surface area contributed by atoms with Crippen LogP contribution in [0.3, 0.4) is 0 Å². The number of aromatic nitrogens is 4. The van der Waals surface area contributed by atoms with E-state index in [1.807, 2.05) is 58.7 Å². The van der Waals surface area contributed by atoms with Crippen LogP contribution in [0.1, 0.15) is 17.3 Å². The van der Waals surface area contributed by atoms with Crippen LogP contribution >= 0.6 is 0 Å². The minimum atomic E-state index is -0.179. The molecule has 2 aromatic carbocycles. The molecule has 124 valence electrons. The molecule has 2 aromatic heterocycles. The zero-order valence-corrected chi connectivity index (χ0v) is 13.8. The molecule has 4 rings (SSSR count). The smallest absolute Gasteiger partial charge is 0.257 e. The molecule has 1 N–H and O–H groups in total. The summed E-state index contributed by atoms with van der Waals surface area (Å²) in [7, 11) is 0. The third kappa shape index (κ3) is 2.78. The predicted octanol–water partition coefficient (Wildman–Crippen LogP) is 3.49. The van der Waals surface area contributed by atoms with E-state index < -0.39 is 0 Å². The third-order valence-corrected chi connectivity index (χ3v) is 4.13. The molecule has 0 radical (unpaired) electrons. The lowest BCUT2D eigenvalue weighted by molar-refractivity contribution is 0.102. The summed E-state index contributed by atoms with van der Waals surface area (Å²) < 4.78 is 3.88. The lowest BCUT2D eigenvalue weighted by Crippen LogP contribution is -2.15. The van der Waals surface area contributed by atoms with Crippen molar-refractivity contribution < 1.29 is 4.79 Å². The average Bonchev–Trinajstić information content (AvgIpc) is 3.29. The summed E-state index contributed by atoms with van der Waals surface area (Å²) in [6.07, 6.45) is 5.30.